The van der Waals surface area contributed by atoms with Gasteiger partial charge < -0.3 is 0 Å². The second-order valence-corrected chi connectivity index (χ2v) is 3.46. The van der Waals surface area contributed by atoms with Gasteiger partial charge in [0.2, 0.25) is 0 Å². The average molecular weight is 193 g/mol. The normalized spacial score (nSPS) is 10.7. The summed E-state index contributed by atoms with van der Waals surface area (Å²) >= 11 is 5.77. The minimum Gasteiger partial charge on any atom is -0.251 e. The monoisotopic (exact) mass is 192 g/mol. The standard InChI is InChI=1S/C10H9ClN2/c1-6-3-4-8-10(7(6)2)13-9(11)5-12-8/h3-5H,1-2H3. The summed E-state index contributed by atoms with van der Waals surface area (Å²) < 4.78 is 0. The fourth-order valence-corrected chi connectivity index (χ4v) is 1.42. The number of halogens is 1. The molecule has 2 aromatic rings. The summed E-state index contributed by atoms with van der Waals surface area (Å²) in [4.78, 5) is 8.43. The van der Waals surface area contributed by atoms with Crippen molar-refractivity contribution in [2.45, 2.75) is 13.8 Å². The molecule has 1 heterocycles. The van der Waals surface area contributed by atoms with Crippen molar-refractivity contribution in [3.8, 4) is 0 Å². The van der Waals surface area contributed by atoms with Crippen LogP contribution in [0.1, 0.15) is 11.1 Å². The fraction of sp³-hybridized carbons (Fsp3) is 0.200. The maximum atomic E-state index is 5.77. The van der Waals surface area contributed by atoms with E-state index in [0.717, 1.165) is 16.6 Å². The van der Waals surface area contributed by atoms with Gasteiger partial charge in [0.05, 0.1) is 17.2 Å². The summed E-state index contributed by atoms with van der Waals surface area (Å²) in [5, 5.41) is 0.446. The Morgan fingerprint density at radius 3 is 2.77 bits per heavy atom. The van der Waals surface area contributed by atoms with Gasteiger partial charge in [-0.05, 0) is 31.0 Å². The largest absolute Gasteiger partial charge is 0.251 e. The van der Waals surface area contributed by atoms with Crippen molar-refractivity contribution < 1.29 is 0 Å². The van der Waals surface area contributed by atoms with E-state index < -0.39 is 0 Å². The van der Waals surface area contributed by atoms with E-state index in [1.54, 1.807) is 6.20 Å². The van der Waals surface area contributed by atoms with Crippen LogP contribution in [0.2, 0.25) is 5.15 Å². The van der Waals surface area contributed by atoms with Crippen molar-refractivity contribution in [2.75, 3.05) is 0 Å². The van der Waals surface area contributed by atoms with Crippen LogP contribution >= 0.6 is 11.6 Å². The number of fused-ring (bicyclic) bond motifs is 1. The lowest BCUT2D eigenvalue weighted by Gasteiger charge is -2.03. The van der Waals surface area contributed by atoms with Crippen molar-refractivity contribution in [1.82, 2.24) is 9.97 Å². The maximum absolute atomic E-state index is 5.77. The molecule has 0 aliphatic rings. The molecule has 0 fully saturated rings. The Morgan fingerprint density at radius 2 is 2.00 bits per heavy atom. The Labute approximate surface area is 81.6 Å². The van der Waals surface area contributed by atoms with Crippen molar-refractivity contribution >= 4 is 22.6 Å². The Morgan fingerprint density at radius 1 is 1.23 bits per heavy atom. The van der Waals surface area contributed by atoms with Crippen LogP contribution < -0.4 is 0 Å². The highest BCUT2D eigenvalue weighted by Crippen LogP contribution is 2.19. The van der Waals surface area contributed by atoms with Crippen molar-refractivity contribution in [3.63, 3.8) is 0 Å². The molecule has 0 saturated heterocycles. The third-order valence-corrected chi connectivity index (χ3v) is 2.39. The Bertz CT molecular complexity index is 460. The minimum atomic E-state index is 0.446. The van der Waals surface area contributed by atoms with Crippen LogP contribution in [-0.4, -0.2) is 9.97 Å². The minimum absolute atomic E-state index is 0.446. The molecule has 66 valence electrons. The zero-order valence-electron chi connectivity index (χ0n) is 7.50. The second kappa shape index (κ2) is 2.96. The van der Waals surface area contributed by atoms with Crippen LogP contribution in [0.4, 0.5) is 0 Å². The first-order valence-corrected chi connectivity index (χ1v) is 4.45. The number of aromatic nitrogens is 2. The topological polar surface area (TPSA) is 25.8 Å². The number of nitrogens with zero attached hydrogens (tertiary/aromatic N) is 2. The molecule has 1 aromatic carbocycles. The maximum Gasteiger partial charge on any atom is 0.148 e. The van der Waals surface area contributed by atoms with Crippen LogP contribution in [0.5, 0.6) is 0 Å². The number of hydrogen-bond acceptors (Lipinski definition) is 2. The van der Waals surface area contributed by atoms with Gasteiger partial charge in [0, 0.05) is 0 Å². The molecular weight excluding hydrogens is 184 g/mol. The van der Waals surface area contributed by atoms with Gasteiger partial charge in [0.25, 0.3) is 0 Å². The van der Waals surface area contributed by atoms with E-state index in [0.29, 0.717) is 5.15 Å². The molecule has 1 aromatic heterocycles. The molecule has 0 amide bonds. The predicted octanol–water partition coefficient (Wildman–Crippen LogP) is 2.90. The first kappa shape index (κ1) is 8.45. The van der Waals surface area contributed by atoms with E-state index in [-0.39, 0.29) is 0 Å². The summed E-state index contributed by atoms with van der Waals surface area (Å²) in [6.07, 6.45) is 1.57. The Kier molecular flexibility index (Phi) is 1.93. The lowest BCUT2D eigenvalue weighted by Crippen LogP contribution is -1.89. The molecule has 0 saturated carbocycles. The van der Waals surface area contributed by atoms with Crippen molar-refractivity contribution in [2.24, 2.45) is 0 Å². The Hall–Kier alpha value is -1.15. The molecule has 2 nitrogen and oxygen atoms in total. The highest BCUT2D eigenvalue weighted by atomic mass is 35.5. The molecule has 3 heteroatoms. The van der Waals surface area contributed by atoms with Crippen LogP contribution in [0.15, 0.2) is 18.3 Å². The van der Waals surface area contributed by atoms with E-state index in [9.17, 15) is 0 Å². The van der Waals surface area contributed by atoms with Gasteiger partial charge in [-0.25, -0.2) is 4.98 Å². The number of rotatable bonds is 0. The Balaban J connectivity index is 2.89. The number of hydrogen-bond donors (Lipinski definition) is 0. The number of aryl methyl sites for hydroxylation is 2. The molecule has 0 aliphatic heterocycles. The third-order valence-electron chi connectivity index (χ3n) is 2.21. The first-order valence-electron chi connectivity index (χ1n) is 4.07. The summed E-state index contributed by atoms with van der Waals surface area (Å²) in [5.74, 6) is 0. The highest BCUT2D eigenvalue weighted by molar-refractivity contribution is 6.29. The first-order chi connectivity index (χ1) is 6.18. The van der Waals surface area contributed by atoms with Crippen LogP contribution in [-0.2, 0) is 0 Å². The van der Waals surface area contributed by atoms with Crippen LogP contribution in [0, 0.1) is 13.8 Å². The quantitative estimate of drug-likeness (QED) is 0.642. The average Bonchev–Trinajstić information content (AvgIpc) is 2.12. The van der Waals surface area contributed by atoms with E-state index >= 15 is 0 Å². The van der Waals surface area contributed by atoms with E-state index in [2.05, 4.69) is 16.9 Å². The van der Waals surface area contributed by atoms with Crippen molar-refractivity contribution in [3.05, 3.63) is 34.6 Å². The van der Waals surface area contributed by atoms with Crippen molar-refractivity contribution in [1.29, 1.82) is 0 Å². The molecule has 0 spiro atoms. The van der Waals surface area contributed by atoms with Gasteiger partial charge in [-0.2, -0.15) is 0 Å². The van der Waals surface area contributed by atoms with Gasteiger partial charge in [-0.1, -0.05) is 17.7 Å². The molecule has 0 radical (unpaired) electrons. The summed E-state index contributed by atoms with van der Waals surface area (Å²) in [7, 11) is 0. The molecule has 2 rings (SSSR count). The van der Waals surface area contributed by atoms with Gasteiger partial charge >= 0.3 is 0 Å². The van der Waals surface area contributed by atoms with E-state index in [1.165, 1.54) is 5.56 Å². The summed E-state index contributed by atoms with van der Waals surface area (Å²) in [6, 6.07) is 4.00. The third kappa shape index (κ3) is 1.38. The zero-order valence-corrected chi connectivity index (χ0v) is 8.26. The summed E-state index contributed by atoms with van der Waals surface area (Å²) in [5.41, 5.74) is 4.15. The molecule has 0 atom stereocenters. The van der Waals surface area contributed by atoms with Gasteiger partial charge in [-0.3, -0.25) is 4.98 Å². The fourth-order valence-electron chi connectivity index (χ4n) is 1.29. The SMILES string of the molecule is Cc1ccc2ncc(Cl)nc2c1C. The van der Waals surface area contributed by atoms with E-state index in [1.807, 2.05) is 19.1 Å². The lowest BCUT2D eigenvalue weighted by molar-refractivity contribution is 1.25. The molecular formula is C10H9ClN2. The van der Waals surface area contributed by atoms with Crippen LogP contribution in [0.25, 0.3) is 11.0 Å². The number of benzene rings is 1. The second-order valence-electron chi connectivity index (χ2n) is 3.07. The van der Waals surface area contributed by atoms with Gasteiger partial charge in [0.1, 0.15) is 5.15 Å². The lowest BCUT2D eigenvalue weighted by atomic mass is 10.1. The van der Waals surface area contributed by atoms with Gasteiger partial charge in [-0.15, -0.1) is 0 Å². The van der Waals surface area contributed by atoms with Gasteiger partial charge in [0.15, 0.2) is 0 Å². The highest BCUT2D eigenvalue weighted by Gasteiger charge is 2.02. The van der Waals surface area contributed by atoms with Crippen LogP contribution in [0.3, 0.4) is 0 Å². The molecule has 13 heavy (non-hydrogen) atoms. The molecule has 0 unspecified atom stereocenters. The molecule has 0 N–H and O–H groups in total. The zero-order chi connectivity index (χ0) is 9.42. The summed E-state index contributed by atoms with van der Waals surface area (Å²) in [6.45, 7) is 4.08. The predicted molar refractivity (Wildman–Crippen MR) is 54.0 cm³/mol. The molecule has 0 aliphatic carbocycles. The molecule has 0 bridgehead atoms. The van der Waals surface area contributed by atoms with E-state index in [4.69, 9.17) is 11.6 Å². The smallest absolute Gasteiger partial charge is 0.148 e.